The quantitative estimate of drug-likeness (QED) is 0.937. The Labute approximate surface area is 136 Å². The second kappa shape index (κ2) is 6.06. The lowest BCUT2D eigenvalue weighted by molar-refractivity contribution is -0.122. The number of amides is 2. The Kier molecular flexibility index (Phi) is 4.13. The highest BCUT2D eigenvalue weighted by Gasteiger charge is 2.35. The van der Waals surface area contributed by atoms with E-state index in [-0.39, 0.29) is 24.2 Å². The van der Waals surface area contributed by atoms with Crippen molar-refractivity contribution in [3.63, 3.8) is 0 Å². The molecule has 2 amide bonds. The van der Waals surface area contributed by atoms with Crippen LogP contribution in [0.1, 0.15) is 11.3 Å². The summed E-state index contributed by atoms with van der Waals surface area (Å²) in [5.41, 5.74) is 0.759. The van der Waals surface area contributed by atoms with E-state index in [0.29, 0.717) is 16.7 Å². The van der Waals surface area contributed by atoms with Crippen LogP contribution in [0.15, 0.2) is 30.5 Å². The van der Waals surface area contributed by atoms with E-state index in [1.165, 1.54) is 11.3 Å². The molecule has 1 aliphatic rings. The zero-order valence-corrected chi connectivity index (χ0v) is 13.4. The molecule has 1 unspecified atom stereocenters. The van der Waals surface area contributed by atoms with Crippen LogP contribution >= 0.6 is 22.9 Å². The van der Waals surface area contributed by atoms with Crippen molar-refractivity contribution in [2.24, 2.45) is 5.92 Å². The molecule has 1 saturated heterocycles. The van der Waals surface area contributed by atoms with Crippen molar-refractivity contribution >= 4 is 45.6 Å². The number of anilines is 2. The van der Waals surface area contributed by atoms with Gasteiger partial charge < -0.3 is 10.2 Å². The van der Waals surface area contributed by atoms with Crippen LogP contribution in [0.2, 0.25) is 5.02 Å². The SMILES string of the molecule is Cc1cnc(NC(=O)C2CC(=O)N(c3ccc(Cl)cc3)C2)s1. The summed E-state index contributed by atoms with van der Waals surface area (Å²) in [6.45, 7) is 2.30. The minimum atomic E-state index is -0.368. The predicted octanol–water partition coefficient (Wildman–Crippen LogP) is 3.10. The molecule has 2 heterocycles. The van der Waals surface area contributed by atoms with Crippen molar-refractivity contribution in [3.05, 3.63) is 40.4 Å². The average Bonchev–Trinajstić information content (AvgIpc) is 3.06. The Balaban J connectivity index is 1.68. The van der Waals surface area contributed by atoms with Crippen molar-refractivity contribution < 1.29 is 9.59 Å². The molecule has 7 heteroatoms. The third-order valence-corrected chi connectivity index (χ3v) is 4.57. The molecule has 1 aliphatic heterocycles. The maximum Gasteiger partial charge on any atom is 0.231 e. The Morgan fingerprint density at radius 1 is 1.41 bits per heavy atom. The van der Waals surface area contributed by atoms with Gasteiger partial charge in [0.1, 0.15) is 0 Å². The van der Waals surface area contributed by atoms with E-state index in [1.807, 2.05) is 6.92 Å². The molecular formula is C15H14ClN3O2S. The van der Waals surface area contributed by atoms with Gasteiger partial charge in [0.2, 0.25) is 11.8 Å². The zero-order valence-electron chi connectivity index (χ0n) is 11.9. The molecule has 0 radical (unpaired) electrons. The number of carbonyl (C=O) groups is 2. The van der Waals surface area contributed by atoms with Gasteiger partial charge in [0.05, 0.1) is 5.92 Å². The van der Waals surface area contributed by atoms with E-state index in [0.717, 1.165) is 10.6 Å². The minimum Gasteiger partial charge on any atom is -0.312 e. The molecule has 1 aromatic carbocycles. The maximum absolute atomic E-state index is 12.3. The number of hydrogen-bond acceptors (Lipinski definition) is 4. The molecular weight excluding hydrogens is 322 g/mol. The number of halogens is 1. The molecule has 1 fully saturated rings. The summed E-state index contributed by atoms with van der Waals surface area (Å²) in [5, 5.41) is 3.96. The number of hydrogen-bond donors (Lipinski definition) is 1. The molecule has 1 aromatic heterocycles. The number of aryl methyl sites for hydroxylation is 1. The molecule has 0 aliphatic carbocycles. The minimum absolute atomic E-state index is 0.0576. The van der Waals surface area contributed by atoms with Gasteiger partial charge in [0, 0.05) is 34.7 Å². The number of aromatic nitrogens is 1. The molecule has 114 valence electrons. The summed E-state index contributed by atoms with van der Waals surface area (Å²) in [5.74, 6) is -0.593. The monoisotopic (exact) mass is 335 g/mol. The van der Waals surface area contributed by atoms with E-state index in [1.54, 1.807) is 35.4 Å². The second-order valence-electron chi connectivity index (χ2n) is 5.15. The standard InChI is InChI=1S/C15H14ClN3O2S/c1-9-7-17-15(22-9)18-14(21)10-6-13(20)19(8-10)12-4-2-11(16)3-5-12/h2-5,7,10H,6,8H2,1H3,(H,17,18,21). The highest BCUT2D eigenvalue weighted by Crippen LogP contribution is 2.27. The van der Waals surface area contributed by atoms with Crippen LogP contribution in [-0.2, 0) is 9.59 Å². The van der Waals surface area contributed by atoms with E-state index in [4.69, 9.17) is 11.6 Å². The van der Waals surface area contributed by atoms with E-state index < -0.39 is 0 Å². The van der Waals surface area contributed by atoms with Gasteiger partial charge >= 0.3 is 0 Å². The second-order valence-corrected chi connectivity index (χ2v) is 6.82. The fraction of sp³-hybridized carbons (Fsp3) is 0.267. The van der Waals surface area contributed by atoms with E-state index >= 15 is 0 Å². The maximum atomic E-state index is 12.3. The summed E-state index contributed by atoms with van der Waals surface area (Å²) >= 11 is 7.27. The van der Waals surface area contributed by atoms with Crippen LogP contribution in [0.3, 0.4) is 0 Å². The van der Waals surface area contributed by atoms with Gasteiger partial charge in [0.25, 0.3) is 0 Å². The number of thiazole rings is 1. The Morgan fingerprint density at radius 2 is 2.14 bits per heavy atom. The summed E-state index contributed by atoms with van der Waals surface area (Å²) in [6.07, 6.45) is 1.92. The lowest BCUT2D eigenvalue weighted by Gasteiger charge is -2.16. The Bertz CT molecular complexity index is 714. The van der Waals surface area contributed by atoms with Crippen LogP contribution in [0.5, 0.6) is 0 Å². The number of nitrogens with zero attached hydrogens (tertiary/aromatic N) is 2. The fourth-order valence-corrected chi connectivity index (χ4v) is 3.17. The fourth-order valence-electron chi connectivity index (χ4n) is 2.37. The first-order chi connectivity index (χ1) is 10.5. The van der Waals surface area contributed by atoms with Gasteiger partial charge in [-0.05, 0) is 31.2 Å². The average molecular weight is 336 g/mol. The lowest BCUT2D eigenvalue weighted by Crippen LogP contribution is -2.28. The third kappa shape index (κ3) is 3.13. The summed E-state index contributed by atoms with van der Waals surface area (Å²) in [7, 11) is 0. The van der Waals surface area contributed by atoms with E-state index in [9.17, 15) is 9.59 Å². The van der Waals surface area contributed by atoms with Crippen molar-refractivity contribution in [3.8, 4) is 0 Å². The topological polar surface area (TPSA) is 62.3 Å². The lowest BCUT2D eigenvalue weighted by atomic mass is 10.1. The van der Waals surface area contributed by atoms with Crippen LogP contribution in [0.4, 0.5) is 10.8 Å². The van der Waals surface area contributed by atoms with Crippen LogP contribution < -0.4 is 10.2 Å². The van der Waals surface area contributed by atoms with Gasteiger partial charge in [-0.1, -0.05) is 11.6 Å². The third-order valence-electron chi connectivity index (χ3n) is 3.49. The van der Waals surface area contributed by atoms with Crippen LogP contribution in [0, 0.1) is 12.8 Å². The van der Waals surface area contributed by atoms with Crippen LogP contribution in [-0.4, -0.2) is 23.3 Å². The predicted molar refractivity (Wildman–Crippen MR) is 87.4 cm³/mol. The van der Waals surface area contributed by atoms with Gasteiger partial charge in [0.15, 0.2) is 5.13 Å². The largest absolute Gasteiger partial charge is 0.312 e. The number of nitrogens with one attached hydrogen (secondary N) is 1. The molecule has 1 atom stereocenters. The van der Waals surface area contributed by atoms with Gasteiger partial charge in [-0.25, -0.2) is 4.98 Å². The first kappa shape index (κ1) is 15.0. The van der Waals surface area contributed by atoms with E-state index in [2.05, 4.69) is 10.3 Å². The van der Waals surface area contributed by atoms with Crippen molar-refractivity contribution in [1.82, 2.24) is 4.98 Å². The van der Waals surface area contributed by atoms with Crippen molar-refractivity contribution in [1.29, 1.82) is 0 Å². The zero-order chi connectivity index (χ0) is 15.7. The molecule has 22 heavy (non-hydrogen) atoms. The first-order valence-corrected chi connectivity index (χ1v) is 8.01. The molecule has 1 N–H and O–H groups in total. The smallest absolute Gasteiger partial charge is 0.231 e. The molecule has 2 aromatic rings. The van der Waals surface area contributed by atoms with Crippen molar-refractivity contribution in [2.45, 2.75) is 13.3 Å². The van der Waals surface area contributed by atoms with Gasteiger partial charge in [-0.15, -0.1) is 11.3 Å². The summed E-state index contributed by atoms with van der Waals surface area (Å²) in [6, 6.07) is 7.03. The molecule has 0 spiro atoms. The summed E-state index contributed by atoms with van der Waals surface area (Å²) < 4.78 is 0. The van der Waals surface area contributed by atoms with Gasteiger partial charge in [-0.2, -0.15) is 0 Å². The number of benzene rings is 1. The first-order valence-electron chi connectivity index (χ1n) is 6.82. The number of carbonyl (C=O) groups excluding carboxylic acids is 2. The van der Waals surface area contributed by atoms with Gasteiger partial charge in [-0.3, -0.25) is 9.59 Å². The molecule has 3 rings (SSSR count). The normalized spacial score (nSPS) is 17.8. The molecule has 0 bridgehead atoms. The highest BCUT2D eigenvalue weighted by molar-refractivity contribution is 7.15. The van der Waals surface area contributed by atoms with Crippen molar-refractivity contribution in [2.75, 3.05) is 16.8 Å². The molecule has 5 nitrogen and oxygen atoms in total. The Hall–Kier alpha value is -1.92. The number of rotatable bonds is 3. The Morgan fingerprint density at radius 3 is 2.77 bits per heavy atom. The summed E-state index contributed by atoms with van der Waals surface area (Å²) in [4.78, 5) is 31.1. The molecule has 0 saturated carbocycles. The highest BCUT2D eigenvalue weighted by atomic mass is 35.5. The van der Waals surface area contributed by atoms with Crippen LogP contribution in [0.25, 0.3) is 0 Å².